The van der Waals surface area contributed by atoms with E-state index < -0.39 is 0 Å². The highest BCUT2D eigenvalue weighted by atomic mass is 79.9. The molecule has 1 fully saturated rings. The fraction of sp³-hybridized carbons (Fsp3) is 0.636. The molecule has 2 unspecified atom stereocenters. The molecule has 1 saturated carbocycles. The second-order valence-electron chi connectivity index (χ2n) is 4.17. The van der Waals surface area contributed by atoms with Crippen molar-refractivity contribution in [3.05, 3.63) is 20.3 Å². The zero-order valence-corrected chi connectivity index (χ0v) is 12.4. The molecule has 2 rings (SSSR count). The van der Waals surface area contributed by atoms with Gasteiger partial charge in [-0.25, -0.2) is 0 Å². The molecule has 1 aliphatic rings. The van der Waals surface area contributed by atoms with Crippen LogP contribution in [-0.4, -0.2) is 0 Å². The third-order valence-corrected chi connectivity index (χ3v) is 6.56. The minimum absolute atomic E-state index is 0.531. The first-order chi connectivity index (χ1) is 6.59. The summed E-state index contributed by atoms with van der Waals surface area (Å²) in [4.78, 5) is 3.38. The SMILES string of the molecule is Cc1cc(Br)c(C(Br)C(C)C2CC2)s1. The molecule has 78 valence electrons. The Labute approximate surface area is 106 Å². The molecule has 1 aromatic heterocycles. The number of aryl methyl sites for hydroxylation is 1. The highest BCUT2D eigenvalue weighted by Crippen LogP contribution is 2.49. The standard InChI is InChI=1S/C11H14Br2S/c1-6-5-9(12)11(14-6)10(13)7(2)8-3-4-8/h5,7-8,10H,3-4H2,1-2H3. The molecule has 0 aromatic carbocycles. The molecular weight excluding hydrogens is 324 g/mol. The number of hydrogen-bond acceptors (Lipinski definition) is 1. The van der Waals surface area contributed by atoms with E-state index in [4.69, 9.17) is 0 Å². The van der Waals surface area contributed by atoms with Gasteiger partial charge in [-0.2, -0.15) is 0 Å². The fourth-order valence-corrected chi connectivity index (χ4v) is 5.05. The highest BCUT2D eigenvalue weighted by Gasteiger charge is 2.34. The quantitative estimate of drug-likeness (QED) is 0.656. The van der Waals surface area contributed by atoms with Gasteiger partial charge in [0.05, 0.1) is 4.83 Å². The molecule has 14 heavy (non-hydrogen) atoms. The van der Waals surface area contributed by atoms with E-state index in [0.717, 1.165) is 11.8 Å². The van der Waals surface area contributed by atoms with Gasteiger partial charge in [-0.05, 0) is 53.6 Å². The van der Waals surface area contributed by atoms with Gasteiger partial charge in [-0.15, -0.1) is 11.3 Å². The zero-order chi connectivity index (χ0) is 10.3. The lowest BCUT2D eigenvalue weighted by Crippen LogP contribution is -2.04. The lowest BCUT2D eigenvalue weighted by Gasteiger charge is -2.16. The summed E-state index contributed by atoms with van der Waals surface area (Å²) in [5.74, 6) is 1.72. The van der Waals surface area contributed by atoms with E-state index in [1.165, 1.54) is 27.1 Å². The van der Waals surface area contributed by atoms with Gasteiger partial charge in [0.25, 0.3) is 0 Å². The van der Waals surface area contributed by atoms with Crippen LogP contribution in [0.5, 0.6) is 0 Å². The normalized spacial score (nSPS) is 20.9. The largest absolute Gasteiger partial charge is 0.143 e. The van der Waals surface area contributed by atoms with Crippen molar-refractivity contribution in [2.75, 3.05) is 0 Å². The Morgan fingerprint density at radius 3 is 2.57 bits per heavy atom. The third kappa shape index (κ3) is 2.25. The van der Waals surface area contributed by atoms with E-state index >= 15 is 0 Å². The smallest absolute Gasteiger partial charge is 0.0528 e. The third-order valence-electron chi connectivity index (χ3n) is 2.91. The van der Waals surface area contributed by atoms with E-state index in [9.17, 15) is 0 Å². The topological polar surface area (TPSA) is 0 Å². The van der Waals surface area contributed by atoms with Crippen LogP contribution in [0.1, 0.15) is 34.3 Å². The maximum Gasteiger partial charge on any atom is 0.0528 e. The van der Waals surface area contributed by atoms with E-state index in [-0.39, 0.29) is 0 Å². The molecule has 1 aromatic rings. The van der Waals surface area contributed by atoms with Gasteiger partial charge >= 0.3 is 0 Å². The summed E-state index contributed by atoms with van der Waals surface area (Å²) < 4.78 is 1.27. The summed E-state index contributed by atoms with van der Waals surface area (Å²) in [6.45, 7) is 4.53. The monoisotopic (exact) mass is 336 g/mol. The van der Waals surface area contributed by atoms with E-state index in [1.54, 1.807) is 0 Å². The first-order valence-corrected chi connectivity index (χ1v) is 7.52. The summed E-state index contributed by atoms with van der Waals surface area (Å²) >= 11 is 9.37. The van der Waals surface area contributed by atoms with E-state index in [0.29, 0.717) is 4.83 Å². The molecule has 0 bridgehead atoms. The van der Waals surface area contributed by atoms with Crippen LogP contribution in [0.2, 0.25) is 0 Å². The fourth-order valence-electron chi connectivity index (χ4n) is 1.79. The first-order valence-electron chi connectivity index (χ1n) is 4.99. The average Bonchev–Trinajstić information content (AvgIpc) is 2.90. The van der Waals surface area contributed by atoms with Crippen molar-refractivity contribution in [1.29, 1.82) is 0 Å². The molecule has 1 aliphatic carbocycles. The van der Waals surface area contributed by atoms with Gasteiger partial charge in [-0.3, -0.25) is 0 Å². The summed E-state index contributed by atoms with van der Waals surface area (Å²) in [5.41, 5.74) is 0. The number of thiophene rings is 1. The minimum atomic E-state index is 0.531. The maximum atomic E-state index is 3.84. The molecule has 0 nitrogen and oxygen atoms in total. The zero-order valence-electron chi connectivity index (χ0n) is 8.39. The Morgan fingerprint density at radius 2 is 2.14 bits per heavy atom. The van der Waals surface area contributed by atoms with Crippen LogP contribution < -0.4 is 0 Å². The van der Waals surface area contributed by atoms with E-state index in [2.05, 4.69) is 51.8 Å². The highest BCUT2D eigenvalue weighted by molar-refractivity contribution is 9.11. The Kier molecular flexibility index (Phi) is 3.40. The van der Waals surface area contributed by atoms with Crippen molar-refractivity contribution in [3.63, 3.8) is 0 Å². The van der Waals surface area contributed by atoms with Crippen LogP contribution >= 0.6 is 43.2 Å². The first kappa shape index (κ1) is 11.2. The average molecular weight is 338 g/mol. The van der Waals surface area contributed by atoms with Crippen LogP contribution in [0.3, 0.4) is 0 Å². The predicted octanol–water partition coefficient (Wildman–Crippen LogP) is 5.30. The lowest BCUT2D eigenvalue weighted by molar-refractivity contribution is 0.506. The second kappa shape index (κ2) is 4.26. The molecule has 1 heterocycles. The van der Waals surface area contributed by atoms with Crippen molar-refractivity contribution in [2.45, 2.75) is 31.5 Å². The number of hydrogen-bond donors (Lipinski definition) is 0. The lowest BCUT2D eigenvalue weighted by atomic mass is 10.0. The molecule has 0 radical (unpaired) electrons. The Hall–Kier alpha value is 0.660. The number of rotatable bonds is 3. The maximum absolute atomic E-state index is 3.84. The van der Waals surface area contributed by atoms with Crippen molar-refractivity contribution in [1.82, 2.24) is 0 Å². The van der Waals surface area contributed by atoms with Crippen molar-refractivity contribution in [3.8, 4) is 0 Å². The van der Waals surface area contributed by atoms with Crippen LogP contribution in [0.4, 0.5) is 0 Å². The van der Waals surface area contributed by atoms with Crippen molar-refractivity contribution < 1.29 is 0 Å². The van der Waals surface area contributed by atoms with Gasteiger partial charge in [0.1, 0.15) is 0 Å². The van der Waals surface area contributed by atoms with Crippen LogP contribution in [0.25, 0.3) is 0 Å². The van der Waals surface area contributed by atoms with Gasteiger partial charge in [0.15, 0.2) is 0 Å². The predicted molar refractivity (Wildman–Crippen MR) is 70.3 cm³/mol. The van der Waals surface area contributed by atoms with Gasteiger partial charge < -0.3 is 0 Å². The molecule has 0 N–H and O–H groups in total. The summed E-state index contributed by atoms with van der Waals surface area (Å²) in [5, 5.41) is 0. The molecule has 3 heteroatoms. The molecule has 0 saturated heterocycles. The van der Waals surface area contributed by atoms with Crippen LogP contribution in [0, 0.1) is 18.8 Å². The second-order valence-corrected chi connectivity index (χ2v) is 7.30. The summed E-state index contributed by atoms with van der Waals surface area (Å²) in [6, 6.07) is 2.22. The van der Waals surface area contributed by atoms with Crippen LogP contribution in [0.15, 0.2) is 10.5 Å². The Balaban J connectivity index is 2.16. The molecular formula is C11H14Br2S. The van der Waals surface area contributed by atoms with Crippen molar-refractivity contribution >= 4 is 43.2 Å². The Bertz CT molecular complexity index is 328. The van der Waals surface area contributed by atoms with Gasteiger partial charge in [0, 0.05) is 14.2 Å². The van der Waals surface area contributed by atoms with Crippen molar-refractivity contribution in [2.24, 2.45) is 11.8 Å². The van der Waals surface area contributed by atoms with Gasteiger partial charge in [0.2, 0.25) is 0 Å². The van der Waals surface area contributed by atoms with E-state index in [1.807, 2.05) is 11.3 Å². The summed E-state index contributed by atoms with van der Waals surface area (Å²) in [7, 11) is 0. The molecule has 2 atom stereocenters. The van der Waals surface area contributed by atoms with Crippen LogP contribution in [-0.2, 0) is 0 Å². The molecule has 0 amide bonds. The number of halogens is 2. The molecule has 0 aliphatic heterocycles. The molecule has 0 spiro atoms. The minimum Gasteiger partial charge on any atom is -0.143 e. The van der Waals surface area contributed by atoms with Gasteiger partial charge in [-0.1, -0.05) is 22.9 Å². The number of alkyl halides is 1. The Morgan fingerprint density at radius 1 is 1.50 bits per heavy atom. The summed E-state index contributed by atoms with van der Waals surface area (Å²) in [6.07, 6.45) is 2.84.